The highest BCUT2D eigenvalue weighted by atomic mass is 32.2. The average molecular weight is 386 g/mol. The Labute approximate surface area is 163 Å². The second kappa shape index (κ2) is 7.72. The topological polar surface area (TPSA) is 49.4 Å². The number of rotatable bonds is 4. The Kier molecular flexibility index (Phi) is 5.56. The summed E-state index contributed by atoms with van der Waals surface area (Å²) in [6.45, 7) is 6.06. The molecule has 0 saturated carbocycles. The van der Waals surface area contributed by atoms with Gasteiger partial charge in [-0.15, -0.1) is 11.8 Å². The third kappa shape index (κ3) is 4.89. The van der Waals surface area contributed by atoms with Crippen LogP contribution in [-0.2, 0) is 9.59 Å². The molecule has 142 valence electrons. The molecule has 6 heteroatoms. The highest BCUT2D eigenvalue weighted by Crippen LogP contribution is 2.42. The lowest BCUT2D eigenvalue weighted by molar-refractivity contribution is -0.118. The Morgan fingerprint density at radius 1 is 1.22 bits per heavy atom. The number of hydrogen-bond acceptors (Lipinski definition) is 3. The fraction of sp³-hybridized carbons (Fsp3) is 0.333. The number of nitrogens with one attached hydrogen (secondary N) is 1. The summed E-state index contributed by atoms with van der Waals surface area (Å²) in [4.78, 5) is 26.0. The zero-order valence-electron chi connectivity index (χ0n) is 15.7. The van der Waals surface area contributed by atoms with E-state index >= 15 is 0 Å². The number of amides is 2. The number of anilines is 2. The third-order valence-electron chi connectivity index (χ3n) is 4.12. The van der Waals surface area contributed by atoms with E-state index in [0.29, 0.717) is 17.9 Å². The van der Waals surface area contributed by atoms with Gasteiger partial charge >= 0.3 is 0 Å². The maximum Gasteiger partial charge on any atom is 0.238 e. The van der Waals surface area contributed by atoms with Crippen LogP contribution in [0.5, 0.6) is 0 Å². The number of halogens is 1. The van der Waals surface area contributed by atoms with Crippen molar-refractivity contribution < 1.29 is 14.0 Å². The molecule has 0 spiro atoms. The predicted molar refractivity (Wildman–Crippen MR) is 108 cm³/mol. The summed E-state index contributed by atoms with van der Waals surface area (Å²) < 4.78 is 13.6. The van der Waals surface area contributed by atoms with Gasteiger partial charge in [0.25, 0.3) is 0 Å². The van der Waals surface area contributed by atoms with Gasteiger partial charge in [-0.1, -0.05) is 39.0 Å². The van der Waals surface area contributed by atoms with Gasteiger partial charge in [-0.05, 0) is 41.3 Å². The Balaban J connectivity index is 1.76. The van der Waals surface area contributed by atoms with Gasteiger partial charge in [0.05, 0.1) is 5.75 Å². The number of hydrogen-bond donors (Lipinski definition) is 1. The van der Waals surface area contributed by atoms with Gasteiger partial charge in [0.2, 0.25) is 11.8 Å². The highest BCUT2D eigenvalue weighted by molar-refractivity contribution is 8.00. The molecule has 27 heavy (non-hydrogen) atoms. The minimum absolute atomic E-state index is 0.0259. The zero-order valence-corrected chi connectivity index (χ0v) is 16.5. The van der Waals surface area contributed by atoms with Crippen LogP contribution >= 0.6 is 11.8 Å². The van der Waals surface area contributed by atoms with Crippen LogP contribution in [-0.4, -0.2) is 17.6 Å². The number of carbonyl (C=O) groups excluding carboxylic acids is 2. The van der Waals surface area contributed by atoms with Gasteiger partial charge in [0.1, 0.15) is 11.2 Å². The first kappa shape index (κ1) is 19.4. The van der Waals surface area contributed by atoms with Crippen molar-refractivity contribution in [2.45, 2.75) is 32.6 Å². The minimum atomic E-state index is -0.368. The standard InChI is InChI=1S/C21H23FN2O2S/c1-21(2,3)12-18(25)23-16-9-7-14(8-10-16)20-24(19(26)13-27-20)17-6-4-5-15(22)11-17/h4-11,20H,12-13H2,1-3H3,(H,23,25)/t20-/m0/s1. The molecular weight excluding hydrogens is 363 g/mol. The van der Waals surface area contributed by atoms with E-state index in [1.807, 2.05) is 45.0 Å². The second-order valence-electron chi connectivity index (χ2n) is 7.81. The van der Waals surface area contributed by atoms with E-state index < -0.39 is 0 Å². The van der Waals surface area contributed by atoms with Crippen LogP contribution in [0.2, 0.25) is 0 Å². The Morgan fingerprint density at radius 3 is 2.56 bits per heavy atom. The van der Waals surface area contributed by atoms with Gasteiger partial charge < -0.3 is 5.32 Å². The van der Waals surface area contributed by atoms with Crippen molar-refractivity contribution in [3.63, 3.8) is 0 Å². The SMILES string of the molecule is CC(C)(C)CC(=O)Nc1ccc([C@@H]2SCC(=O)N2c2cccc(F)c2)cc1. The van der Waals surface area contributed by atoms with Crippen molar-refractivity contribution in [2.75, 3.05) is 16.0 Å². The fourth-order valence-electron chi connectivity index (χ4n) is 2.99. The monoisotopic (exact) mass is 386 g/mol. The predicted octanol–water partition coefficient (Wildman–Crippen LogP) is 4.98. The maximum atomic E-state index is 13.6. The molecule has 1 N–H and O–H groups in total. The number of nitrogens with zero attached hydrogens (tertiary/aromatic N) is 1. The average Bonchev–Trinajstić information content (AvgIpc) is 2.95. The van der Waals surface area contributed by atoms with Crippen molar-refractivity contribution in [3.05, 3.63) is 59.9 Å². The maximum absolute atomic E-state index is 13.6. The summed E-state index contributed by atoms with van der Waals surface area (Å²) in [6.07, 6.45) is 0.440. The van der Waals surface area contributed by atoms with E-state index in [9.17, 15) is 14.0 Å². The summed E-state index contributed by atoms with van der Waals surface area (Å²) >= 11 is 1.51. The Morgan fingerprint density at radius 2 is 1.93 bits per heavy atom. The van der Waals surface area contributed by atoms with Crippen molar-refractivity contribution in [1.82, 2.24) is 0 Å². The molecular formula is C21H23FN2O2S. The first-order valence-corrected chi connectivity index (χ1v) is 9.87. The van der Waals surface area contributed by atoms with Crippen LogP contribution in [0.15, 0.2) is 48.5 Å². The van der Waals surface area contributed by atoms with Crippen molar-refractivity contribution in [1.29, 1.82) is 0 Å². The summed E-state index contributed by atoms with van der Waals surface area (Å²) in [7, 11) is 0. The second-order valence-corrected chi connectivity index (χ2v) is 8.88. The molecule has 0 unspecified atom stereocenters. The number of carbonyl (C=O) groups is 2. The molecule has 1 fully saturated rings. The van der Waals surface area contributed by atoms with E-state index in [-0.39, 0.29) is 28.4 Å². The molecule has 4 nitrogen and oxygen atoms in total. The van der Waals surface area contributed by atoms with Crippen molar-refractivity contribution in [2.24, 2.45) is 5.41 Å². The molecule has 1 saturated heterocycles. The largest absolute Gasteiger partial charge is 0.326 e. The molecule has 2 aromatic carbocycles. The summed E-state index contributed by atoms with van der Waals surface area (Å²) in [5.74, 6) is -0.0845. The lowest BCUT2D eigenvalue weighted by Gasteiger charge is -2.24. The van der Waals surface area contributed by atoms with Crippen LogP contribution < -0.4 is 10.2 Å². The van der Waals surface area contributed by atoms with E-state index in [4.69, 9.17) is 0 Å². The fourth-order valence-corrected chi connectivity index (χ4v) is 4.17. The summed E-state index contributed by atoms with van der Waals surface area (Å²) in [5, 5.41) is 2.69. The van der Waals surface area contributed by atoms with Gasteiger partial charge in [0, 0.05) is 17.8 Å². The van der Waals surface area contributed by atoms with Crippen molar-refractivity contribution >= 4 is 35.0 Å². The molecule has 0 aromatic heterocycles. The van der Waals surface area contributed by atoms with Crippen LogP contribution in [0.3, 0.4) is 0 Å². The van der Waals surface area contributed by atoms with Crippen LogP contribution in [0.4, 0.5) is 15.8 Å². The Bertz CT molecular complexity index is 846. The van der Waals surface area contributed by atoms with Gasteiger partial charge in [-0.2, -0.15) is 0 Å². The van der Waals surface area contributed by atoms with Gasteiger partial charge in [-0.3, -0.25) is 14.5 Å². The molecule has 0 aliphatic carbocycles. The molecule has 1 heterocycles. The number of benzene rings is 2. The molecule has 0 radical (unpaired) electrons. The van der Waals surface area contributed by atoms with E-state index in [1.165, 1.54) is 23.9 Å². The summed E-state index contributed by atoms with van der Waals surface area (Å²) in [6, 6.07) is 13.5. The van der Waals surface area contributed by atoms with E-state index in [2.05, 4.69) is 5.32 Å². The van der Waals surface area contributed by atoms with Crippen LogP contribution in [0.25, 0.3) is 0 Å². The Hall–Kier alpha value is -2.34. The molecule has 2 aromatic rings. The number of thioether (sulfide) groups is 1. The minimum Gasteiger partial charge on any atom is -0.326 e. The van der Waals surface area contributed by atoms with E-state index in [0.717, 1.165) is 11.3 Å². The van der Waals surface area contributed by atoms with Crippen molar-refractivity contribution in [3.8, 4) is 0 Å². The van der Waals surface area contributed by atoms with Gasteiger partial charge in [0.15, 0.2) is 0 Å². The molecule has 3 rings (SSSR count). The van der Waals surface area contributed by atoms with E-state index in [1.54, 1.807) is 17.0 Å². The van der Waals surface area contributed by atoms with Crippen LogP contribution in [0.1, 0.15) is 38.1 Å². The third-order valence-corrected chi connectivity index (χ3v) is 5.34. The molecule has 1 aliphatic rings. The highest BCUT2D eigenvalue weighted by Gasteiger charge is 2.34. The first-order valence-electron chi connectivity index (χ1n) is 8.82. The lowest BCUT2D eigenvalue weighted by atomic mass is 9.92. The molecule has 2 amide bonds. The molecule has 1 aliphatic heterocycles. The first-order chi connectivity index (χ1) is 12.7. The lowest BCUT2D eigenvalue weighted by Crippen LogP contribution is -2.27. The molecule has 1 atom stereocenters. The summed E-state index contributed by atoms with van der Waals surface area (Å²) in [5.41, 5.74) is 2.14. The van der Waals surface area contributed by atoms with Crippen LogP contribution in [0, 0.1) is 11.2 Å². The zero-order chi connectivity index (χ0) is 19.6. The van der Waals surface area contributed by atoms with Gasteiger partial charge in [-0.25, -0.2) is 4.39 Å². The quantitative estimate of drug-likeness (QED) is 0.806. The smallest absolute Gasteiger partial charge is 0.238 e. The molecule has 0 bridgehead atoms. The normalized spacial score (nSPS) is 17.3.